The van der Waals surface area contributed by atoms with Crippen LogP contribution in [0.5, 0.6) is 5.75 Å². The second kappa shape index (κ2) is 8.09. The van der Waals surface area contributed by atoms with Gasteiger partial charge in [0.1, 0.15) is 12.4 Å². The zero-order valence-electron chi connectivity index (χ0n) is 11.0. The summed E-state index contributed by atoms with van der Waals surface area (Å²) in [5, 5.41) is 3.34. The van der Waals surface area contributed by atoms with Crippen LogP contribution in [-0.2, 0) is 0 Å². The van der Waals surface area contributed by atoms with E-state index >= 15 is 0 Å². The number of nitrogens with one attached hydrogen (secondary N) is 1. The first-order valence-electron chi connectivity index (χ1n) is 6.34. The van der Waals surface area contributed by atoms with Crippen LogP contribution in [0.15, 0.2) is 18.2 Å². The molecule has 0 aliphatic heterocycles. The van der Waals surface area contributed by atoms with E-state index in [9.17, 15) is 0 Å². The Bertz CT molecular complexity index is 306. The van der Waals surface area contributed by atoms with Crippen molar-refractivity contribution < 1.29 is 4.74 Å². The van der Waals surface area contributed by atoms with E-state index in [-0.39, 0.29) is 0 Å². The summed E-state index contributed by atoms with van der Waals surface area (Å²) in [5.41, 5.74) is 7.91. The van der Waals surface area contributed by atoms with E-state index in [0.29, 0.717) is 6.61 Å². The van der Waals surface area contributed by atoms with Crippen LogP contribution < -0.4 is 15.8 Å². The number of benzene rings is 1. The van der Waals surface area contributed by atoms with Crippen molar-refractivity contribution in [3.05, 3.63) is 29.3 Å². The molecule has 0 radical (unpaired) electrons. The minimum absolute atomic E-state index is 0.714. The van der Waals surface area contributed by atoms with E-state index in [2.05, 4.69) is 37.4 Å². The molecule has 1 rings (SSSR count). The van der Waals surface area contributed by atoms with Gasteiger partial charge in [0.15, 0.2) is 0 Å². The lowest BCUT2D eigenvalue weighted by Crippen LogP contribution is -2.22. The van der Waals surface area contributed by atoms with Crippen LogP contribution in [0.2, 0.25) is 0 Å². The molecule has 0 amide bonds. The van der Waals surface area contributed by atoms with E-state index in [1.807, 2.05) is 0 Å². The van der Waals surface area contributed by atoms with Gasteiger partial charge in [-0.05, 0) is 63.0 Å². The normalized spacial score (nSPS) is 10.5. The molecule has 1 aromatic rings. The Labute approximate surface area is 104 Å². The first-order chi connectivity index (χ1) is 8.22. The SMILES string of the molecule is Cc1cc(C)cc(OCCNCCCCN)c1. The van der Waals surface area contributed by atoms with Crippen LogP contribution in [0, 0.1) is 13.8 Å². The highest BCUT2D eigenvalue weighted by Gasteiger charge is 1.96. The summed E-state index contributed by atoms with van der Waals surface area (Å²) < 4.78 is 5.69. The fourth-order valence-corrected chi connectivity index (χ4v) is 1.78. The molecule has 0 saturated heterocycles. The second-order valence-corrected chi connectivity index (χ2v) is 4.42. The summed E-state index contributed by atoms with van der Waals surface area (Å²) in [4.78, 5) is 0. The van der Waals surface area contributed by atoms with Gasteiger partial charge < -0.3 is 15.8 Å². The van der Waals surface area contributed by atoms with Crippen molar-refractivity contribution in [3.8, 4) is 5.75 Å². The third kappa shape index (κ3) is 6.29. The first-order valence-corrected chi connectivity index (χ1v) is 6.34. The van der Waals surface area contributed by atoms with Gasteiger partial charge in [-0.2, -0.15) is 0 Å². The van der Waals surface area contributed by atoms with Crippen molar-refractivity contribution in [2.24, 2.45) is 5.73 Å². The van der Waals surface area contributed by atoms with Crippen LogP contribution >= 0.6 is 0 Å². The highest BCUT2D eigenvalue weighted by Crippen LogP contribution is 2.15. The summed E-state index contributed by atoms with van der Waals surface area (Å²) in [6, 6.07) is 6.29. The lowest BCUT2D eigenvalue weighted by Gasteiger charge is -2.09. The Morgan fingerprint density at radius 2 is 1.76 bits per heavy atom. The van der Waals surface area contributed by atoms with Crippen LogP contribution in [0.3, 0.4) is 0 Å². The molecule has 0 aliphatic carbocycles. The molecule has 0 unspecified atom stereocenters. The highest BCUT2D eigenvalue weighted by atomic mass is 16.5. The van der Waals surface area contributed by atoms with Gasteiger partial charge in [-0.3, -0.25) is 0 Å². The zero-order valence-corrected chi connectivity index (χ0v) is 11.0. The number of unbranched alkanes of at least 4 members (excludes halogenated alkanes) is 1. The summed E-state index contributed by atoms with van der Waals surface area (Å²) >= 11 is 0. The molecule has 0 saturated carbocycles. The summed E-state index contributed by atoms with van der Waals surface area (Å²) in [7, 11) is 0. The summed E-state index contributed by atoms with van der Waals surface area (Å²) in [5.74, 6) is 0.964. The van der Waals surface area contributed by atoms with Gasteiger partial charge in [0.05, 0.1) is 0 Å². The molecule has 0 bridgehead atoms. The molecule has 0 heterocycles. The maximum absolute atomic E-state index is 5.69. The minimum atomic E-state index is 0.714. The number of nitrogens with two attached hydrogens (primary N) is 1. The van der Waals surface area contributed by atoms with E-state index in [1.54, 1.807) is 0 Å². The molecule has 3 nitrogen and oxygen atoms in total. The topological polar surface area (TPSA) is 47.3 Å². The largest absolute Gasteiger partial charge is 0.492 e. The summed E-state index contributed by atoms with van der Waals surface area (Å²) in [6.07, 6.45) is 2.23. The molecule has 96 valence electrons. The molecule has 0 aliphatic rings. The average molecular weight is 236 g/mol. The quantitative estimate of drug-likeness (QED) is 0.679. The van der Waals surface area contributed by atoms with E-state index in [1.165, 1.54) is 11.1 Å². The van der Waals surface area contributed by atoms with Crippen LogP contribution in [0.4, 0.5) is 0 Å². The van der Waals surface area contributed by atoms with Crippen molar-refractivity contribution in [1.82, 2.24) is 5.32 Å². The number of hydrogen-bond acceptors (Lipinski definition) is 3. The van der Waals surface area contributed by atoms with Gasteiger partial charge in [0, 0.05) is 6.54 Å². The Balaban J connectivity index is 2.13. The smallest absolute Gasteiger partial charge is 0.119 e. The maximum Gasteiger partial charge on any atom is 0.119 e. The minimum Gasteiger partial charge on any atom is -0.492 e. The van der Waals surface area contributed by atoms with E-state index in [0.717, 1.165) is 38.2 Å². The van der Waals surface area contributed by atoms with Gasteiger partial charge in [-0.1, -0.05) is 6.07 Å². The standard InChI is InChI=1S/C14H24N2O/c1-12-9-13(2)11-14(10-12)17-8-7-16-6-4-3-5-15/h9-11,16H,3-8,15H2,1-2H3. The molecule has 0 aromatic heterocycles. The zero-order chi connectivity index (χ0) is 12.5. The van der Waals surface area contributed by atoms with Gasteiger partial charge in [-0.25, -0.2) is 0 Å². The van der Waals surface area contributed by atoms with E-state index < -0.39 is 0 Å². The van der Waals surface area contributed by atoms with Gasteiger partial charge in [-0.15, -0.1) is 0 Å². The predicted molar refractivity (Wildman–Crippen MR) is 72.6 cm³/mol. The predicted octanol–water partition coefficient (Wildman–Crippen LogP) is 2.01. The number of aryl methyl sites for hydroxylation is 2. The molecular weight excluding hydrogens is 212 g/mol. The van der Waals surface area contributed by atoms with Gasteiger partial charge in [0.25, 0.3) is 0 Å². The number of rotatable bonds is 8. The average Bonchev–Trinajstić information content (AvgIpc) is 2.26. The van der Waals surface area contributed by atoms with Crippen molar-refractivity contribution in [2.45, 2.75) is 26.7 Å². The fraction of sp³-hybridized carbons (Fsp3) is 0.571. The van der Waals surface area contributed by atoms with E-state index in [4.69, 9.17) is 10.5 Å². The Kier molecular flexibility index (Phi) is 6.67. The summed E-state index contributed by atoms with van der Waals surface area (Å²) in [6.45, 7) is 7.58. The molecule has 0 spiro atoms. The second-order valence-electron chi connectivity index (χ2n) is 4.42. The molecule has 0 fully saturated rings. The van der Waals surface area contributed by atoms with Gasteiger partial charge in [0.2, 0.25) is 0 Å². The lowest BCUT2D eigenvalue weighted by atomic mass is 10.1. The Hall–Kier alpha value is -1.06. The molecule has 3 heteroatoms. The monoisotopic (exact) mass is 236 g/mol. The van der Waals surface area contributed by atoms with Crippen molar-refractivity contribution in [3.63, 3.8) is 0 Å². The van der Waals surface area contributed by atoms with Crippen molar-refractivity contribution in [2.75, 3.05) is 26.2 Å². The maximum atomic E-state index is 5.69. The fourth-order valence-electron chi connectivity index (χ4n) is 1.78. The number of ether oxygens (including phenoxy) is 1. The molecule has 0 atom stereocenters. The molecule has 3 N–H and O–H groups in total. The van der Waals surface area contributed by atoms with Crippen molar-refractivity contribution >= 4 is 0 Å². The van der Waals surface area contributed by atoms with Crippen LogP contribution in [-0.4, -0.2) is 26.2 Å². The Morgan fingerprint density at radius 3 is 2.41 bits per heavy atom. The number of hydrogen-bond donors (Lipinski definition) is 2. The third-order valence-corrected chi connectivity index (χ3v) is 2.55. The lowest BCUT2D eigenvalue weighted by molar-refractivity contribution is 0.313. The van der Waals surface area contributed by atoms with Crippen LogP contribution in [0.1, 0.15) is 24.0 Å². The Morgan fingerprint density at radius 1 is 1.06 bits per heavy atom. The third-order valence-electron chi connectivity index (χ3n) is 2.55. The molecular formula is C14H24N2O. The van der Waals surface area contributed by atoms with Gasteiger partial charge >= 0.3 is 0 Å². The first kappa shape index (κ1) is 14.0. The molecule has 1 aromatic carbocycles. The molecule has 17 heavy (non-hydrogen) atoms. The van der Waals surface area contributed by atoms with Crippen molar-refractivity contribution in [1.29, 1.82) is 0 Å². The highest BCUT2D eigenvalue weighted by molar-refractivity contribution is 5.32. The van der Waals surface area contributed by atoms with Crippen LogP contribution in [0.25, 0.3) is 0 Å².